The van der Waals surface area contributed by atoms with Crippen molar-refractivity contribution in [3.05, 3.63) is 6.33 Å². The molecule has 1 aromatic heterocycles. The number of nitrogen functional groups attached to an aromatic ring is 1. The fraction of sp³-hybridized carbons (Fsp3) is 0.667. The molecule has 1 rings (SSSR count). The number of ether oxygens (including phenoxy) is 2. The first-order chi connectivity index (χ1) is 8.65. The van der Waals surface area contributed by atoms with Crippen LogP contribution >= 0.6 is 0 Å². The van der Waals surface area contributed by atoms with Gasteiger partial charge < -0.3 is 20.5 Å². The molecular weight excluding hydrogens is 232 g/mol. The average Bonchev–Trinajstić information content (AvgIpc) is 2.33. The fourth-order valence-electron chi connectivity index (χ4n) is 1.42. The van der Waals surface area contributed by atoms with Crippen molar-refractivity contribution in [2.75, 3.05) is 31.3 Å². The molecule has 102 valence electrons. The van der Waals surface area contributed by atoms with Gasteiger partial charge >= 0.3 is 0 Å². The Morgan fingerprint density at radius 3 is 2.78 bits per heavy atom. The highest BCUT2D eigenvalue weighted by atomic mass is 16.5. The third-order valence-corrected chi connectivity index (χ3v) is 2.26. The molecule has 0 aliphatic carbocycles. The van der Waals surface area contributed by atoms with Gasteiger partial charge in [0, 0.05) is 20.3 Å². The van der Waals surface area contributed by atoms with Crippen LogP contribution in [-0.2, 0) is 4.74 Å². The van der Waals surface area contributed by atoms with Gasteiger partial charge in [-0.25, -0.2) is 4.98 Å². The van der Waals surface area contributed by atoms with Crippen molar-refractivity contribution < 1.29 is 9.47 Å². The van der Waals surface area contributed by atoms with E-state index in [4.69, 9.17) is 15.2 Å². The van der Waals surface area contributed by atoms with E-state index in [2.05, 4.69) is 15.3 Å². The van der Waals surface area contributed by atoms with Crippen molar-refractivity contribution in [3.63, 3.8) is 0 Å². The highest BCUT2D eigenvalue weighted by molar-refractivity contribution is 5.66. The molecule has 0 unspecified atom stereocenters. The van der Waals surface area contributed by atoms with Gasteiger partial charge in [0.15, 0.2) is 5.82 Å². The number of hydrogen-bond acceptors (Lipinski definition) is 6. The maximum Gasteiger partial charge on any atom is 0.242 e. The molecule has 0 aliphatic rings. The van der Waals surface area contributed by atoms with Crippen molar-refractivity contribution in [2.24, 2.45) is 0 Å². The predicted molar refractivity (Wildman–Crippen MR) is 71.8 cm³/mol. The zero-order valence-electron chi connectivity index (χ0n) is 11.3. The normalized spacial score (nSPS) is 10.7. The summed E-state index contributed by atoms with van der Waals surface area (Å²) in [5, 5.41) is 3.17. The predicted octanol–water partition coefficient (Wildman–Crippen LogP) is 1.68. The maximum absolute atomic E-state index is 5.94. The second-order valence-electron chi connectivity index (χ2n) is 4.23. The van der Waals surface area contributed by atoms with Crippen molar-refractivity contribution in [1.29, 1.82) is 0 Å². The summed E-state index contributed by atoms with van der Waals surface area (Å²) in [4.78, 5) is 8.12. The molecule has 0 aliphatic heterocycles. The van der Waals surface area contributed by atoms with E-state index >= 15 is 0 Å². The van der Waals surface area contributed by atoms with Crippen molar-refractivity contribution >= 4 is 11.5 Å². The lowest BCUT2D eigenvalue weighted by Crippen LogP contribution is -2.12. The summed E-state index contributed by atoms with van der Waals surface area (Å²) in [5.74, 6) is 1.05. The highest BCUT2D eigenvalue weighted by Crippen LogP contribution is 2.25. The molecule has 0 spiro atoms. The number of rotatable bonds is 8. The SMILES string of the molecule is COCCCCNc1ncnc(OC(C)C)c1N. The molecule has 3 N–H and O–H groups in total. The minimum Gasteiger partial charge on any atom is -0.473 e. The monoisotopic (exact) mass is 254 g/mol. The first-order valence-electron chi connectivity index (χ1n) is 6.15. The van der Waals surface area contributed by atoms with Gasteiger partial charge in [-0.1, -0.05) is 0 Å². The van der Waals surface area contributed by atoms with E-state index in [1.54, 1.807) is 7.11 Å². The van der Waals surface area contributed by atoms with Crippen molar-refractivity contribution in [1.82, 2.24) is 9.97 Å². The highest BCUT2D eigenvalue weighted by Gasteiger charge is 2.09. The standard InChI is InChI=1S/C12H22N4O2/c1-9(2)18-12-10(13)11(15-8-16-12)14-6-4-5-7-17-3/h8-9H,4-7,13H2,1-3H3,(H,14,15,16). The number of nitrogens with zero attached hydrogens (tertiary/aromatic N) is 2. The number of methoxy groups -OCH3 is 1. The maximum atomic E-state index is 5.94. The van der Waals surface area contributed by atoms with Crippen LogP contribution in [0.1, 0.15) is 26.7 Å². The molecule has 0 saturated carbocycles. The van der Waals surface area contributed by atoms with Crippen molar-refractivity contribution in [2.45, 2.75) is 32.8 Å². The molecule has 0 fully saturated rings. The Bertz CT molecular complexity index is 358. The molecule has 1 aromatic rings. The summed E-state index contributed by atoms with van der Waals surface area (Å²) in [6.45, 7) is 5.42. The zero-order chi connectivity index (χ0) is 13.4. The van der Waals surface area contributed by atoms with E-state index in [1.165, 1.54) is 6.33 Å². The quantitative estimate of drug-likeness (QED) is 0.687. The fourth-order valence-corrected chi connectivity index (χ4v) is 1.42. The summed E-state index contributed by atoms with van der Waals surface area (Å²) in [6.07, 6.45) is 3.49. The summed E-state index contributed by atoms with van der Waals surface area (Å²) < 4.78 is 10.5. The number of hydrogen-bond donors (Lipinski definition) is 2. The number of anilines is 2. The Balaban J connectivity index is 2.50. The first-order valence-corrected chi connectivity index (χ1v) is 6.15. The van der Waals surface area contributed by atoms with Crippen LogP contribution in [-0.4, -0.2) is 36.3 Å². The van der Waals surface area contributed by atoms with Gasteiger partial charge in [0.25, 0.3) is 0 Å². The van der Waals surface area contributed by atoms with Gasteiger partial charge in [-0.15, -0.1) is 0 Å². The summed E-state index contributed by atoms with van der Waals surface area (Å²) in [6, 6.07) is 0. The number of aromatic nitrogens is 2. The Kier molecular flexibility index (Phi) is 6.21. The number of nitrogens with one attached hydrogen (secondary N) is 1. The second kappa shape index (κ2) is 7.71. The van der Waals surface area contributed by atoms with E-state index < -0.39 is 0 Å². The van der Waals surface area contributed by atoms with Crippen LogP contribution < -0.4 is 15.8 Å². The van der Waals surface area contributed by atoms with Crippen molar-refractivity contribution in [3.8, 4) is 5.88 Å². The van der Waals surface area contributed by atoms with E-state index in [-0.39, 0.29) is 6.10 Å². The Morgan fingerprint density at radius 2 is 2.11 bits per heavy atom. The minimum atomic E-state index is 0.0387. The van der Waals surface area contributed by atoms with E-state index in [0.29, 0.717) is 17.4 Å². The van der Waals surface area contributed by atoms with Gasteiger partial charge in [-0.3, -0.25) is 0 Å². The van der Waals surface area contributed by atoms with Crippen LogP contribution in [0.15, 0.2) is 6.33 Å². The summed E-state index contributed by atoms with van der Waals surface area (Å²) in [5.41, 5.74) is 6.39. The Morgan fingerprint density at radius 1 is 1.33 bits per heavy atom. The zero-order valence-corrected chi connectivity index (χ0v) is 11.3. The average molecular weight is 254 g/mol. The largest absolute Gasteiger partial charge is 0.473 e. The third kappa shape index (κ3) is 4.75. The van der Waals surface area contributed by atoms with Gasteiger partial charge in [-0.2, -0.15) is 4.98 Å². The van der Waals surface area contributed by atoms with Gasteiger partial charge in [-0.05, 0) is 26.7 Å². The smallest absolute Gasteiger partial charge is 0.242 e. The molecule has 0 radical (unpaired) electrons. The lowest BCUT2D eigenvalue weighted by atomic mass is 10.3. The first kappa shape index (κ1) is 14.5. The Labute approximate surface area is 108 Å². The lowest BCUT2D eigenvalue weighted by molar-refractivity contribution is 0.193. The van der Waals surface area contributed by atoms with E-state index in [0.717, 1.165) is 26.0 Å². The topological polar surface area (TPSA) is 82.3 Å². The molecule has 0 aromatic carbocycles. The summed E-state index contributed by atoms with van der Waals surface area (Å²) >= 11 is 0. The molecule has 6 nitrogen and oxygen atoms in total. The molecule has 1 heterocycles. The van der Waals surface area contributed by atoms with Gasteiger partial charge in [0.2, 0.25) is 5.88 Å². The molecule has 0 bridgehead atoms. The molecule has 0 amide bonds. The van der Waals surface area contributed by atoms with Gasteiger partial charge in [0.1, 0.15) is 12.0 Å². The Hall–Kier alpha value is -1.56. The van der Waals surface area contributed by atoms with E-state index in [1.807, 2.05) is 13.8 Å². The van der Waals surface area contributed by atoms with E-state index in [9.17, 15) is 0 Å². The number of nitrogens with two attached hydrogens (primary N) is 1. The van der Waals surface area contributed by atoms with Crippen LogP contribution in [0.3, 0.4) is 0 Å². The molecule has 6 heteroatoms. The molecule has 18 heavy (non-hydrogen) atoms. The molecular formula is C12H22N4O2. The second-order valence-corrected chi connectivity index (χ2v) is 4.23. The van der Waals surface area contributed by atoms with Crippen LogP contribution in [0.25, 0.3) is 0 Å². The lowest BCUT2D eigenvalue weighted by Gasteiger charge is -2.13. The molecule has 0 saturated heterocycles. The van der Waals surface area contributed by atoms with Crippen LogP contribution in [0.5, 0.6) is 5.88 Å². The number of unbranched alkanes of at least 4 members (excludes halogenated alkanes) is 1. The van der Waals surface area contributed by atoms with Crippen LogP contribution in [0.4, 0.5) is 11.5 Å². The van der Waals surface area contributed by atoms with Crippen LogP contribution in [0, 0.1) is 0 Å². The minimum absolute atomic E-state index is 0.0387. The molecule has 0 atom stereocenters. The summed E-state index contributed by atoms with van der Waals surface area (Å²) in [7, 11) is 1.70. The van der Waals surface area contributed by atoms with Gasteiger partial charge in [0.05, 0.1) is 6.10 Å². The third-order valence-electron chi connectivity index (χ3n) is 2.26. The van der Waals surface area contributed by atoms with Crippen LogP contribution in [0.2, 0.25) is 0 Å².